The minimum absolute atomic E-state index is 0.106. The van der Waals surface area contributed by atoms with E-state index < -0.39 is 0 Å². The Morgan fingerprint density at radius 1 is 1.67 bits per heavy atom. The Kier molecular flexibility index (Phi) is 2.79. The summed E-state index contributed by atoms with van der Waals surface area (Å²) in [6, 6.07) is 0. The lowest BCUT2D eigenvalue weighted by molar-refractivity contribution is 0.265. The summed E-state index contributed by atoms with van der Waals surface area (Å²) in [7, 11) is 1.55. The molecule has 5 nitrogen and oxygen atoms in total. The van der Waals surface area contributed by atoms with E-state index in [4.69, 9.17) is 9.84 Å². The van der Waals surface area contributed by atoms with Crippen molar-refractivity contribution in [3.63, 3.8) is 0 Å². The minimum atomic E-state index is -0.209. The first kappa shape index (κ1) is 10.6. The molecule has 1 aromatic heterocycles. The highest BCUT2D eigenvalue weighted by Crippen LogP contribution is 2.37. The van der Waals surface area contributed by atoms with Crippen LogP contribution in [-0.2, 0) is 0 Å². The maximum atomic E-state index is 9.14. The number of aliphatic hydroxyl groups excluding tert-OH is 1. The number of nitrogens with zero attached hydrogens (tertiary/aromatic N) is 2. The molecule has 1 aliphatic rings. The summed E-state index contributed by atoms with van der Waals surface area (Å²) >= 11 is 3.28. The molecule has 82 valence electrons. The SMILES string of the molecule is COc1nc(NC2(CO)CC2)ncc1Br. The third-order valence-corrected chi connectivity index (χ3v) is 2.98. The molecule has 1 fully saturated rings. The van der Waals surface area contributed by atoms with Crippen LogP contribution in [0.2, 0.25) is 0 Å². The zero-order chi connectivity index (χ0) is 10.9. The number of aliphatic hydroxyl groups is 1. The number of nitrogens with one attached hydrogen (secondary N) is 1. The van der Waals surface area contributed by atoms with Gasteiger partial charge in [-0.1, -0.05) is 0 Å². The van der Waals surface area contributed by atoms with Gasteiger partial charge in [-0.3, -0.25) is 0 Å². The van der Waals surface area contributed by atoms with Crippen LogP contribution in [0.1, 0.15) is 12.8 Å². The van der Waals surface area contributed by atoms with Crippen LogP contribution in [0.5, 0.6) is 5.88 Å². The zero-order valence-corrected chi connectivity index (χ0v) is 9.91. The number of aromatic nitrogens is 2. The summed E-state index contributed by atoms with van der Waals surface area (Å²) in [6.45, 7) is 0.106. The maximum Gasteiger partial charge on any atom is 0.232 e. The fraction of sp³-hybridized carbons (Fsp3) is 0.556. The molecule has 0 aromatic carbocycles. The van der Waals surface area contributed by atoms with E-state index in [1.807, 2.05) is 0 Å². The van der Waals surface area contributed by atoms with Crippen molar-refractivity contribution < 1.29 is 9.84 Å². The second kappa shape index (κ2) is 3.94. The fourth-order valence-electron chi connectivity index (χ4n) is 1.27. The minimum Gasteiger partial charge on any atom is -0.480 e. The molecule has 1 saturated carbocycles. The smallest absolute Gasteiger partial charge is 0.232 e. The van der Waals surface area contributed by atoms with Gasteiger partial charge >= 0.3 is 0 Å². The van der Waals surface area contributed by atoms with Crippen molar-refractivity contribution in [2.75, 3.05) is 19.0 Å². The summed E-state index contributed by atoms with van der Waals surface area (Å²) in [4.78, 5) is 8.26. The molecule has 1 aromatic rings. The molecule has 6 heteroatoms. The topological polar surface area (TPSA) is 67.3 Å². The highest BCUT2D eigenvalue weighted by atomic mass is 79.9. The second-order valence-corrected chi connectivity index (χ2v) is 4.47. The highest BCUT2D eigenvalue weighted by molar-refractivity contribution is 9.10. The van der Waals surface area contributed by atoms with Crippen molar-refractivity contribution in [1.29, 1.82) is 0 Å². The van der Waals surface area contributed by atoms with E-state index in [0.717, 1.165) is 12.8 Å². The van der Waals surface area contributed by atoms with Crippen molar-refractivity contribution >= 4 is 21.9 Å². The van der Waals surface area contributed by atoms with Crippen molar-refractivity contribution in [3.05, 3.63) is 10.7 Å². The number of ether oxygens (including phenoxy) is 1. The summed E-state index contributed by atoms with van der Waals surface area (Å²) in [5.74, 6) is 0.975. The molecule has 0 saturated heterocycles. The van der Waals surface area contributed by atoms with Crippen molar-refractivity contribution in [2.24, 2.45) is 0 Å². The van der Waals surface area contributed by atoms with Gasteiger partial charge in [-0.15, -0.1) is 0 Å². The van der Waals surface area contributed by atoms with E-state index in [1.54, 1.807) is 13.3 Å². The molecule has 2 rings (SSSR count). The summed E-state index contributed by atoms with van der Waals surface area (Å²) in [5.41, 5.74) is -0.209. The molecular weight excluding hydrogens is 262 g/mol. The molecule has 0 bridgehead atoms. The lowest BCUT2D eigenvalue weighted by Crippen LogP contribution is -2.26. The van der Waals surface area contributed by atoms with Gasteiger partial charge in [0.15, 0.2) is 0 Å². The van der Waals surface area contributed by atoms with E-state index in [1.165, 1.54) is 0 Å². The predicted molar refractivity (Wildman–Crippen MR) is 59.0 cm³/mol. The fourth-order valence-corrected chi connectivity index (χ4v) is 1.62. The molecule has 0 unspecified atom stereocenters. The first-order valence-electron chi connectivity index (χ1n) is 4.65. The number of halogens is 1. The molecule has 0 atom stereocenters. The van der Waals surface area contributed by atoms with Gasteiger partial charge in [0.05, 0.1) is 29.9 Å². The average Bonchev–Trinajstić information content (AvgIpc) is 3.02. The van der Waals surface area contributed by atoms with E-state index in [2.05, 4.69) is 31.2 Å². The molecule has 0 spiro atoms. The van der Waals surface area contributed by atoms with Crippen LogP contribution in [0.3, 0.4) is 0 Å². The lowest BCUT2D eigenvalue weighted by atomic mass is 10.3. The zero-order valence-electron chi connectivity index (χ0n) is 8.33. The number of methoxy groups -OCH3 is 1. The summed E-state index contributed by atoms with van der Waals surface area (Å²) in [5, 5.41) is 12.2. The molecule has 0 radical (unpaired) electrons. The summed E-state index contributed by atoms with van der Waals surface area (Å²) < 4.78 is 5.77. The normalized spacial score (nSPS) is 17.3. The van der Waals surface area contributed by atoms with Crippen LogP contribution in [0.4, 0.5) is 5.95 Å². The molecule has 2 N–H and O–H groups in total. The quantitative estimate of drug-likeness (QED) is 0.863. The number of rotatable bonds is 4. The van der Waals surface area contributed by atoms with Gasteiger partial charge in [0.1, 0.15) is 0 Å². The first-order chi connectivity index (χ1) is 7.19. The van der Waals surface area contributed by atoms with E-state index >= 15 is 0 Å². The summed E-state index contributed by atoms with van der Waals surface area (Å²) in [6.07, 6.45) is 3.53. The number of anilines is 1. The van der Waals surface area contributed by atoms with Crippen molar-refractivity contribution in [3.8, 4) is 5.88 Å². The van der Waals surface area contributed by atoms with Crippen LogP contribution < -0.4 is 10.1 Å². The molecule has 0 aliphatic heterocycles. The number of hydrogen-bond acceptors (Lipinski definition) is 5. The Balaban J connectivity index is 2.15. The molecule has 15 heavy (non-hydrogen) atoms. The Morgan fingerprint density at radius 3 is 2.93 bits per heavy atom. The van der Waals surface area contributed by atoms with Crippen LogP contribution in [0.25, 0.3) is 0 Å². The Hall–Kier alpha value is -0.880. The third-order valence-electron chi connectivity index (χ3n) is 2.44. The third kappa shape index (κ3) is 2.21. The van der Waals surface area contributed by atoms with Gasteiger partial charge in [-0.2, -0.15) is 4.98 Å². The molecule has 1 aliphatic carbocycles. The van der Waals surface area contributed by atoms with Crippen LogP contribution in [0, 0.1) is 0 Å². The second-order valence-electron chi connectivity index (χ2n) is 3.61. The van der Waals surface area contributed by atoms with Crippen molar-refractivity contribution in [1.82, 2.24) is 9.97 Å². The van der Waals surface area contributed by atoms with Crippen LogP contribution in [0.15, 0.2) is 10.7 Å². The van der Waals surface area contributed by atoms with Gasteiger partial charge in [-0.25, -0.2) is 4.98 Å². The van der Waals surface area contributed by atoms with Crippen LogP contribution >= 0.6 is 15.9 Å². The van der Waals surface area contributed by atoms with E-state index in [-0.39, 0.29) is 12.1 Å². The monoisotopic (exact) mass is 273 g/mol. The van der Waals surface area contributed by atoms with Gasteiger partial charge in [0.25, 0.3) is 0 Å². The Bertz CT molecular complexity index is 368. The average molecular weight is 274 g/mol. The molecular formula is C9H12BrN3O2. The lowest BCUT2D eigenvalue weighted by Gasteiger charge is -2.14. The van der Waals surface area contributed by atoms with Gasteiger partial charge < -0.3 is 15.2 Å². The Labute approximate surface area is 96.0 Å². The van der Waals surface area contributed by atoms with E-state index in [0.29, 0.717) is 16.3 Å². The molecule has 0 amide bonds. The predicted octanol–water partition coefficient (Wildman–Crippen LogP) is 1.18. The maximum absolute atomic E-state index is 9.14. The van der Waals surface area contributed by atoms with Gasteiger partial charge in [0, 0.05) is 0 Å². The highest BCUT2D eigenvalue weighted by Gasteiger charge is 2.42. The largest absolute Gasteiger partial charge is 0.480 e. The van der Waals surface area contributed by atoms with Crippen molar-refractivity contribution in [2.45, 2.75) is 18.4 Å². The van der Waals surface area contributed by atoms with Gasteiger partial charge in [-0.05, 0) is 28.8 Å². The standard InChI is InChI=1S/C9H12BrN3O2/c1-15-7-6(10)4-11-8(12-7)13-9(5-14)2-3-9/h4,14H,2-3,5H2,1H3,(H,11,12,13). The number of hydrogen-bond donors (Lipinski definition) is 2. The van der Waals surface area contributed by atoms with E-state index in [9.17, 15) is 0 Å². The van der Waals surface area contributed by atoms with Gasteiger partial charge in [0.2, 0.25) is 11.8 Å². The molecule has 1 heterocycles. The van der Waals surface area contributed by atoms with Crippen LogP contribution in [-0.4, -0.2) is 34.3 Å². The first-order valence-corrected chi connectivity index (χ1v) is 5.44. The Morgan fingerprint density at radius 2 is 2.40 bits per heavy atom.